The van der Waals surface area contributed by atoms with E-state index in [1.165, 1.54) is 0 Å². The first-order chi connectivity index (χ1) is 36.0. The van der Waals surface area contributed by atoms with Gasteiger partial charge in [-0.15, -0.1) is 0 Å². The predicted molar refractivity (Wildman–Crippen MR) is 229 cm³/mol. The van der Waals surface area contributed by atoms with Crippen molar-refractivity contribution >= 4 is 49.6 Å². The fraction of sp³-hybridized carbons (Fsp3) is 0. The Morgan fingerprint density at radius 1 is 0.370 bits per heavy atom. The molecule has 0 radical (unpaired) electrons. The Hall–Kier alpha value is -7.16. The van der Waals surface area contributed by atoms with Gasteiger partial charge in [-0.3, -0.25) is 0 Å². The third-order valence-corrected chi connectivity index (χ3v) is 8.98. The van der Waals surface area contributed by atoms with E-state index in [1.807, 2.05) is 66.7 Å². The number of nitrogens with zero attached hydrogens (tertiary/aromatic N) is 2. The maximum absolute atomic E-state index is 9.69. The summed E-state index contributed by atoms with van der Waals surface area (Å²) in [6.45, 7) is 0. The van der Waals surface area contributed by atoms with Crippen LogP contribution in [0.2, 0.25) is 0 Å². The molecule has 0 aliphatic heterocycles. The Morgan fingerprint density at radius 3 is 1.65 bits per heavy atom. The highest BCUT2D eigenvalue weighted by molar-refractivity contribution is 6.11. The highest BCUT2D eigenvalue weighted by Crippen LogP contribution is 2.40. The first kappa shape index (κ1) is 16.2. The minimum absolute atomic E-state index is 0.202. The van der Waals surface area contributed by atoms with Crippen molar-refractivity contribution in [2.24, 2.45) is 0 Å². The zero-order chi connectivity index (χ0) is 55.0. The number of benzene rings is 9. The topological polar surface area (TPSA) is 8.17 Å². The third kappa shape index (κ3) is 5.62. The van der Waals surface area contributed by atoms with E-state index in [0.717, 1.165) is 32.9 Å². The summed E-state index contributed by atoms with van der Waals surface area (Å²) >= 11 is 0. The van der Waals surface area contributed by atoms with Gasteiger partial charge in [0, 0.05) is 33.2 Å². The SMILES string of the molecule is [2H]c1c([2H])c([2H])c(-c2c([2H])c([2H])c(N(c3c([2H])c([2H])c(-c4ccc5c(c4)c4ccccc4n5-c4cccc5ccccc45)c([2H])c3[2H])c3c([2H])c([2H])c([2H])c(-c4c([2H])c([2H])c([2H])c([2H])c4[2H])c3[2H])c([2H])c2[2H])c([2H])c1[2H]. The van der Waals surface area contributed by atoms with Crippen LogP contribution in [-0.2, 0) is 0 Å². The summed E-state index contributed by atoms with van der Waals surface area (Å²) in [5, 5.41) is 3.41. The molecule has 2 heteroatoms. The van der Waals surface area contributed by atoms with Gasteiger partial charge in [0.2, 0.25) is 0 Å². The molecule has 0 fully saturated rings. The van der Waals surface area contributed by atoms with Crippen LogP contribution in [0.15, 0.2) is 218 Å². The smallest absolute Gasteiger partial charge is 0.0651 e. The lowest BCUT2D eigenvalue weighted by Gasteiger charge is -2.26. The van der Waals surface area contributed by atoms with Gasteiger partial charge < -0.3 is 9.47 Å². The fourth-order valence-electron chi connectivity index (χ4n) is 6.55. The molecule has 254 valence electrons. The van der Waals surface area contributed by atoms with E-state index in [-0.39, 0.29) is 11.1 Å². The number of hydrogen-bond donors (Lipinski definition) is 0. The number of para-hydroxylation sites is 1. The zero-order valence-electron chi connectivity index (χ0n) is 50.0. The van der Waals surface area contributed by atoms with E-state index in [0.29, 0.717) is 10.3 Å². The lowest BCUT2D eigenvalue weighted by atomic mass is 10.0. The minimum Gasteiger partial charge on any atom is -0.310 e. The van der Waals surface area contributed by atoms with Crippen molar-refractivity contribution in [3.05, 3.63) is 218 Å². The second-order valence-corrected chi connectivity index (χ2v) is 12.1. The molecule has 0 saturated carbocycles. The molecule has 1 aromatic heterocycles. The summed E-state index contributed by atoms with van der Waals surface area (Å²) in [5.74, 6) is 0. The van der Waals surface area contributed by atoms with Crippen molar-refractivity contribution in [3.8, 4) is 39.1 Å². The van der Waals surface area contributed by atoms with Crippen LogP contribution in [0.1, 0.15) is 30.2 Å². The average molecular weight is 711 g/mol. The number of rotatable bonds is 7. The lowest BCUT2D eigenvalue weighted by Crippen LogP contribution is -2.10. The number of fused-ring (bicyclic) bond motifs is 4. The highest BCUT2D eigenvalue weighted by atomic mass is 15.1. The molecule has 0 saturated heterocycles. The highest BCUT2D eigenvalue weighted by Gasteiger charge is 2.17. The van der Waals surface area contributed by atoms with E-state index in [9.17, 15) is 13.7 Å². The van der Waals surface area contributed by atoms with Crippen molar-refractivity contribution in [3.63, 3.8) is 0 Å². The Bertz CT molecular complexity index is 4100. The van der Waals surface area contributed by atoms with Gasteiger partial charge >= 0.3 is 0 Å². The van der Waals surface area contributed by atoms with Crippen molar-refractivity contribution in [1.82, 2.24) is 4.57 Å². The maximum Gasteiger partial charge on any atom is 0.0651 e. The van der Waals surface area contributed by atoms with Crippen molar-refractivity contribution < 1.29 is 30.2 Å². The van der Waals surface area contributed by atoms with Gasteiger partial charge in [0.1, 0.15) is 0 Å². The molecule has 10 aromatic rings. The predicted octanol–water partition coefficient (Wildman–Crippen LogP) is 14.4. The Kier molecular flexibility index (Phi) is 4.04. The fourth-order valence-corrected chi connectivity index (χ4v) is 6.55. The second-order valence-electron chi connectivity index (χ2n) is 12.1. The monoisotopic (exact) mass is 710 g/mol. The molecule has 0 aliphatic rings. The Morgan fingerprint density at radius 2 is 0.926 bits per heavy atom. The van der Waals surface area contributed by atoms with E-state index in [1.54, 1.807) is 18.2 Å². The van der Waals surface area contributed by atoms with Gasteiger partial charge in [-0.2, -0.15) is 0 Å². The quantitative estimate of drug-likeness (QED) is 0.160. The van der Waals surface area contributed by atoms with Crippen molar-refractivity contribution in [2.45, 2.75) is 0 Å². The van der Waals surface area contributed by atoms with Crippen molar-refractivity contribution in [2.75, 3.05) is 4.90 Å². The summed E-state index contributed by atoms with van der Waals surface area (Å²) < 4.78 is 199. The standard InChI is InChI=1S/C52H36N2/c1-3-13-37(14-4-1)39-25-30-44(31-26-39)53(46-20-11-19-42(35-46)38-15-5-2-6-16-38)45-32-27-40(28-33-45)43-29-34-52-49(36-43)48-22-9-10-23-51(48)54(52)50-24-12-18-41-17-7-8-21-47(41)50/h1-36H/i1D,2D,3D,4D,5D,6D,11D,13D,14D,15D,16D,19D,20D,25D,26D,27D,28D,30D,31D,32D,33D,35D. The van der Waals surface area contributed by atoms with Gasteiger partial charge in [-0.05, 0) is 99.3 Å². The zero-order valence-corrected chi connectivity index (χ0v) is 28.0. The molecular weight excluding hydrogens is 653 g/mol. The van der Waals surface area contributed by atoms with Gasteiger partial charge in [0.05, 0.1) is 46.9 Å². The molecule has 0 spiro atoms. The molecule has 0 N–H and O–H groups in total. The summed E-state index contributed by atoms with van der Waals surface area (Å²) in [4.78, 5) is 0.499. The third-order valence-electron chi connectivity index (χ3n) is 8.98. The van der Waals surface area contributed by atoms with E-state index < -0.39 is 172 Å². The minimum atomic E-state index is -1.12. The Labute approximate surface area is 346 Å². The molecule has 0 atom stereocenters. The van der Waals surface area contributed by atoms with Crippen molar-refractivity contribution in [1.29, 1.82) is 0 Å². The summed E-state index contributed by atoms with van der Waals surface area (Å²) in [6, 6.07) is 5.66. The lowest BCUT2D eigenvalue weighted by molar-refractivity contribution is 1.20. The molecule has 2 nitrogen and oxygen atoms in total. The van der Waals surface area contributed by atoms with Crippen LogP contribution >= 0.6 is 0 Å². The summed E-state index contributed by atoms with van der Waals surface area (Å²) in [7, 11) is 0. The normalized spacial score (nSPS) is 17.0. The van der Waals surface area contributed by atoms with Crippen LogP contribution < -0.4 is 4.90 Å². The van der Waals surface area contributed by atoms with Gasteiger partial charge in [-0.25, -0.2) is 0 Å². The van der Waals surface area contributed by atoms with Crippen LogP contribution in [0.3, 0.4) is 0 Å². The number of hydrogen-bond acceptors (Lipinski definition) is 1. The molecule has 0 amide bonds. The Balaban J connectivity index is 1.29. The molecule has 9 aromatic carbocycles. The first-order valence-electron chi connectivity index (χ1n) is 27.7. The summed E-state index contributed by atoms with van der Waals surface area (Å²) in [6.07, 6.45) is 0. The van der Waals surface area contributed by atoms with E-state index in [4.69, 9.17) is 16.4 Å². The number of anilines is 3. The van der Waals surface area contributed by atoms with Crippen LogP contribution in [0.4, 0.5) is 17.1 Å². The molecule has 0 unspecified atom stereocenters. The second kappa shape index (κ2) is 13.4. The van der Waals surface area contributed by atoms with Gasteiger partial charge in [0.15, 0.2) is 0 Å². The molecule has 54 heavy (non-hydrogen) atoms. The van der Waals surface area contributed by atoms with Crippen LogP contribution in [0, 0.1) is 0 Å². The molecular formula is C52H36N2. The van der Waals surface area contributed by atoms with Gasteiger partial charge in [0.25, 0.3) is 0 Å². The molecule has 1 heterocycles. The van der Waals surface area contributed by atoms with Crippen LogP contribution in [0.5, 0.6) is 0 Å². The summed E-state index contributed by atoms with van der Waals surface area (Å²) in [5.41, 5.74) is -3.65. The maximum atomic E-state index is 9.69. The molecule has 10 rings (SSSR count). The average Bonchev–Trinajstić information content (AvgIpc) is 3.79. The van der Waals surface area contributed by atoms with Crippen LogP contribution in [-0.4, -0.2) is 4.57 Å². The number of aromatic nitrogens is 1. The van der Waals surface area contributed by atoms with E-state index in [2.05, 4.69) is 4.57 Å². The van der Waals surface area contributed by atoms with Crippen LogP contribution in [0.25, 0.3) is 71.6 Å². The molecule has 0 bridgehead atoms. The van der Waals surface area contributed by atoms with E-state index >= 15 is 0 Å². The van der Waals surface area contributed by atoms with Gasteiger partial charge in [-0.1, -0.05) is 157 Å². The first-order valence-corrected chi connectivity index (χ1v) is 16.7. The largest absolute Gasteiger partial charge is 0.310 e. The molecule has 0 aliphatic carbocycles.